The summed E-state index contributed by atoms with van der Waals surface area (Å²) < 4.78 is 0. The van der Waals surface area contributed by atoms with Gasteiger partial charge in [0.05, 0.1) is 23.9 Å². The molecule has 0 bridgehead atoms. The number of aromatic amines is 1. The highest BCUT2D eigenvalue weighted by atomic mass is 16.3. The summed E-state index contributed by atoms with van der Waals surface area (Å²) in [7, 11) is 0. The lowest BCUT2D eigenvalue weighted by Gasteiger charge is -2.24. The lowest BCUT2D eigenvalue weighted by Crippen LogP contribution is -2.50. The number of para-hydroxylation sites is 1. The van der Waals surface area contributed by atoms with Gasteiger partial charge in [-0.1, -0.05) is 38.5 Å². The third-order valence-electron chi connectivity index (χ3n) is 5.51. The van der Waals surface area contributed by atoms with Crippen LogP contribution in [0.5, 0.6) is 0 Å². The number of aliphatic hydroxyl groups excluding tert-OH is 1. The molecule has 0 radical (unpaired) electrons. The maximum Gasteiger partial charge on any atom is 0.270 e. The summed E-state index contributed by atoms with van der Waals surface area (Å²) >= 11 is 0. The Kier molecular flexibility index (Phi) is 6.17. The van der Waals surface area contributed by atoms with Gasteiger partial charge in [0, 0.05) is 16.3 Å². The van der Waals surface area contributed by atoms with E-state index in [1.807, 2.05) is 45.0 Å². The molecule has 2 amide bonds. The minimum absolute atomic E-state index is 0.139. The van der Waals surface area contributed by atoms with E-state index in [2.05, 4.69) is 20.6 Å². The number of fused-ring (bicyclic) bond motifs is 3. The molecule has 1 aromatic carbocycles. The molecule has 0 saturated carbocycles. The van der Waals surface area contributed by atoms with Crippen molar-refractivity contribution in [2.45, 2.75) is 46.2 Å². The molecule has 0 spiro atoms. The fourth-order valence-electron chi connectivity index (χ4n) is 3.42. The van der Waals surface area contributed by atoms with E-state index in [0.717, 1.165) is 33.9 Å². The lowest BCUT2D eigenvalue weighted by molar-refractivity contribution is -0.124. The van der Waals surface area contributed by atoms with Gasteiger partial charge >= 0.3 is 0 Å². The van der Waals surface area contributed by atoms with Gasteiger partial charge in [-0.3, -0.25) is 9.59 Å². The summed E-state index contributed by atoms with van der Waals surface area (Å²) in [6, 6.07) is 8.54. The Morgan fingerprint density at radius 2 is 1.90 bits per heavy atom. The fourth-order valence-corrected chi connectivity index (χ4v) is 3.42. The maximum atomic E-state index is 12.7. The highest BCUT2D eigenvalue weighted by Gasteiger charge is 2.23. The molecule has 2 aromatic heterocycles. The van der Waals surface area contributed by atoms with Crippen LogP contribution in [0.2, 0.25) is 0 Å². The molecule has 0 aliphatic rings. The lowest BCUT2D eigenvalue weighted by atomic mass is 9.99. The summed E-state index contributed by atoms with van der Waals surface area (Å²) in [6.07, 6.45) is 0.833. The van der Waals surface area contributed by atoms with Crippen LogP contribution in [0.15, 0.2) is 30.3 Å². The predicted octanol–water partition coefficient (Wildman–Crippen LogP) is 2.67. The molecule has 0 saturated heterocycles. The summed E-state index contributed by atoms with van der Waals surface area (Å²) in [6.45, 7) is 7.30. The van der Waals surface area contributed by atoms with Crippen molar-refractivity contribution in [2.75, 3.05) is 6.61 Å². The van der Waals surface area contributed by atoms with Gasteiger partial charge in [-0.25, -0.2) is 4.98 Å². The number of carbonyl (C=O) groups excluding carboxylic acids is 2. The van der Waals surface area contributed by atoms with Crippen LogP contribution in [0.3, 0.4) is 0 Å². The van der Waals surface area contributed by atoms with E-state index in [0.29, 0.717) is 0 Å². The number of amides is 2. The standard InChI is InChI=1S/C22H28N4O3/c1-5-12(2)19(11-27)26-21(28)14(4)24-22(29)18-10-16-15-8-6-7-9-17(15)25-20(16)13(3)23-18/h6-10,12,14,19,25,27H,5,11H2,1-4H3,(H,24,29)(H,26,28)/t12-,14+,19-/m1/s1. The number of pyridine rings is 1. The summed E-state index contributed by atoms with van der Waals surface area (Å²) in [5.74, 6) is -0.602. The van der Waals surface area contributed by atoms with Crippen LogP contribution in [0.4, 0.5) is 0 Å². The average Bonchev–Trinajstić information content (AvgIpc) is 3.10. The molecule has 7 nitrogen and oxygen atoms in total. The van der Waals surface area contributed by atoms with E-state index in [-0.39, 0.29) is 30.2 Å². The number of carbonyl (C=O) groups is 2. The molecule has 0 aliphatic heterocycles. The number of nitrogens with one attached hydrogen (secondary N) is 3. The minimum Gasteiger partial charge on any atom is -0.394 e. The summed E-state index contributed by atoms with van der Waals surface area (Å²) in [4.78, 5) is 32.9. The van der Waals surface area contributed by atoms with E-state index in [1.165, 1.54) is 0 Å². The van der Waals surface area contributed by atoms with Gasteiger partial charge in [0.15, 0.2) is 0 Å². The average molecular weight is 396 g/mol. The van der Waals surface area contributed by atoms with Crippen molar-refractivity contribution in [3.05, 3.63) is 41.7 Å². The molecular weight excluding hydrogens is 368 g/mol. The van der Waals surface area contributed by atoms with E-state index in [1.54, 1.807) is 13.0 Å². The SMILES string of the molecule is CC[C@@H](C)[C@@H](CO)NC(=O)[C@H](C)NC(=O)c1cc2c([nH]c3ccccc32)c(C)n1. The first-order valence-electron chi connectivity index (χ1n) is 9.95. The Bertz CT molecular complexity index is 1040. The number of H-pyrrole nitrogens is 1. The molecule has 4 N–H and O–H groups in total. The number of hydrogen-bond acceptors (Lipinski definition) is 4. The monoisotopic (exact) mass is 396 g/mol. The van der Waals surface area contributed by atoms with Crippen LogP contribution in [0.1, 0.15) is 43.4 Å². The molecule has 3 aromatic rings. The third-order valence-corrected chi connectivity index (χ3v) is 5.51. The molecule has 29 heavy (non-hydrogen) atoms. The van der Waals surface area contributed by atoms with Gasteiger partial charge in [0.2, 0.25) is 5.91 Å². The minimum atomic E-state index is -0.749. The highest BCUT2D eigenvalue weighted by Crippen LogP contribution is 2.27. The second-order valence-electron chi connectivity index (χ2n) is 7.56. The number of nitrogens with zero attached hydrogens (tertiary/aromatic N) is 1. The smallest absolute Gasteiger partial charge is 0.270 e. The molecular formula is C22H28N4O3. The van der Waals surface area contributed by atoms with Crippen molar-refractivity contribution < 1.29 is 14.7 Å². The number of aliphatic hydroxyl groups is 1. The molecule has 154 valence electrons. The first-order valence-corrected chi connectivity index (χ1v) is 9.95. The molecule has 0 unspecified atom stereocenters. The molecule has 2 heterocycles. The molecule has 7 heteroatoms. The van der Waals surface area contributed by atoms with Crippen molar-refractivity contribution >= 4 is 33.6 Å². The van der Waals surface area contributed by atoms with Crippen molar-refractivity contribution in [2.24, 2.45) is 5.92 Å². The van der Waals surface area contributed by atoms with Gasteiger partial charge in [0.1, 0.15) is 11.7 Å². The normalized spacial score (nSPS) is 14.5. The summed E-state index contributed by atoms with van der Waals surface area (Å²) in [5.41, 5.74) is 2.86. The van der Waals surface area contributed by atoms with Gasteiger partial charge in [-0.15, -0.1) is 0 Å². The Morgan fingerprint density at radius 1 is 1.17 bits per heavy atom. The number of benzene rings is 1. The predicted molar refractivity (Wildman–Crippen MR) is 114 cm³/mol. The topological polar surface area (TPSA) is 107 Å². The Balaban J connectivity index is 1.78. The number of hydrogen-bond donors (Lipinski definition) is 4. The zero-order valence-electron chi connectivity index (χ0n) is 17.2. The Morgan fingerprint density at radius 3 is 2.59 bits per heavy atom. The van der Waals surface area contributed by atoms with Crippen LogP contribution >= 0.6 is 0 Å². The fraction of sp³-hybridized carbons (Fsp3) is 0.409. The molecule has 0 aliphatic carbocycles. The van der Waals surface area contributed by atoms with Crippen LogP contribution in [-0.4, -0.2) is 45.6 Å². The zero-order chi connectivity index (χ0) is 21.1. The highest BCUT2D eigenvalue weighted by molar-refractivity contribution is 6.10. The van der Waals surface area contributed by atoms with Gasteiger partial charge < -0.3 is 20.7 Å². The second-order valence-corrected chi connectivity index (χ2v) is 7.56. The first-order chi connectivity index (χ1) is 13.8. The second kappa shape index (κ2) is 8.61. The number of aromatic nitrogens is 2. The van der Waals surface area contributed by atoms with Crippen LogP contribution in [0.25, 0.3) is 21.8 Å². The number of rotatable bonds is 7. The van der Waals surface area contributed by atoms with Crippen LogP contribution in [0, 0.1) is 12.8 Å². The van der Waals surface area contributed by atoms with Crippen LogP contribution < -0.4 is 10.6 Å². The molecule has 3 rings (SSSR count). The van der Waals surface area contributed by atoms with Crippen molar-refractivity contribution in [1.82, 2.24) is 20.6 Å². The molecule has 0 fully saturated rings. The van der Waals surface area contributed by atoms with Crippen LogP contribution in [-0.2, 0) is 4.79 Å². The summed E-state index contributed by atoms with van der Waals surface area (Å²) in [5, 5.41) is 17.0. The van der Waals surface area contributed by atoms with Gasteiger partial charge in [-0.2, -0.15) is 0 Å². The van der Waals surface area contributed by atoms with E-state index >= 15 is 0 Å². The zero-order valence-corrected chi connectivity index (χ0v) is 17.2. The maximum absolute atomic E-state index is 12.7. The number of aryl methyl sites for hydroxylation is 1. The Hall–Kier alpha value is -2.93. The van der Waals surface area contributed by atoms with E-state index in [9.17, 15) is 14.7 Å². The van der Waals surface area contributed by atoms with E-state index in [4.69, 9.17) is 0 Å². The third kappa shape index (κ3) is 4.24. The van der Waals surface area contributed by atoms with Gasteiger partial charge in [-0.05, 0) is 31.9 Å². The quantitative estimate of drug-likeness (QED) is 0.492. The van der Waals surface area contributed by atoms with Gasteiger partial charge in [0.25, 0.3) is 5.91 Å². The van der Waals surface area contributed by atoms with E-state index < -0.39 is 11.9 Å². The molecule has 3 atom stereocenters. The van der Waals surface area contributed by atoms with Crippen molar-refractivity contribution in [3.8, 4) is 0 Å². The van der Waals surface area contributed by atoms with Crippen molar-refractivity contribution in [1.29, 1.82) is 0 Å². The van der Waals surface area contributed by atoms with Crippen molar-refractivity contribution in [3.63, 3.8) is 0 Å². The Labute approximate surface area is 169 Å². The first kappa shape index (κ1) is 20.8. The largest absolute Gasteiger partial charge is 0.394 e.